The number of amides is 1. The Balaban J connectivity index is 1.22. The molecular formula is C31H42N6O4. The number of nitrogens with one attached hydrogen (secondary N) is 3. The molecule has 41 heavy (non-hydrogen) atoms. The van der Waals surface area contributed by atoms with Crippen LogP contribution in [0.1, 0.15) is 64.0 Å². The minimum absolute atomic E-state index is 0.131. The van der Waals surface area contributed by atoms with E-state index in [1.807, 2.05) is 45.0 Å². The first-order valence-electron chi connectivity index (χ1n) is 14.6. The van der Waals surface area contributed by atoms with Crippen LogP contribution in [0.4, 0.5) is 16.6 Å². The molecular weight excluding hydrogens is 520 g/mol. The van der Waals surface area contributed by atoms with Gasteiger partial charge in [0.25, 0.3) is 0 Å². The van der Waals surface area contributed by atoms with Crippen LogP contribution >= 0.6 is 0 Å². The standard InChI is InChI=1S/C31H42N6O4/c1-30(2,3)41-29(38)36-26-22-11-20-12-23(26)15-31(13-20,14-22)19-35-27-24(16-32)18-34-28(37-27)33-17-21-7-5-6-8-25(21)40-10-9-39-4/h5-8,18,20,22-23,26H,9-15,17,19H2,1-4H3,(H,36,38)(H2,33,34,35,37)/t20?,22-,23+,26-,31-. The van der Waals surface area contributed by atoms with E-state index in [0.717, 1.165) is 43.5 Å². The van der Waals surface area contributed by atoms with Gasteiger partial charge in [0, 0.05) is 31.8 Å². The van der Waals surface area contributed by atoms with Gasteiger partial charge in [-0.3, -0.25) is 0 Å². The SMILES string of the molecule is COCCOc1ccccc1CNc1ncc(C#N)c(NC[C@]23CC4C[C@H](C2)[C@@H](NC(=O)OC(C)(C)C)[C@@H](C4)C3)n1. The molecule has 0 saturated heterocycles. The lowest BCUT2D eigenvalue weighted by Crippen LogP contribution is -2.60. The third-order valence-corrected chi connectivity index (χ3v) is 8.58. The van der Waals surface area contributed by atoms with E-state index >= 15 is 0 Å². The van der Waals surface area contributed by atoms with Crippen molar-refractivity contribution in [3.63, 3.8) is 0 Å². The van der Waals surface area contributed by atoms with Crippen molar-refractivity contribution >= 4 is 17.9 Å². The molecule has 5 atom stereocenters. The topological polar surface area (TPSA) is 130 Å². The first-order valence-corrected chi connectivity index (χ1v) is 14.6. The summed E-state index contributed by atoms with van der Waals surface area (Å²) in [6.45, 7) is 7.90. The van der Waals surface area contributed by atoms with Gasteiger partial charge in [0.15, 0.2) is 0 Å². The number of nitriles is 1. The number of benzene rings is 1. The van der Waals surface area contributed by atoms with Gasteiger partial charge in [-0.05, 0) is 82.1 Å². The fraction of sp³-hybridized carbons (Fsp3) is 0.613. The molecule has 10 nitrogen and oxygen atoms in total. The Hall–Kier alpha value is -3.58. The lowest BCUT2D eigenvalue weighted by atomic mass is 9.48. The maximum absolute atomic E-state index is 12.6. The summed E-state index contributed by atoms with van der Waals surface area (Å²) in [5.41, 5.74) is 1.03. The monoisotopic (exact) mass is 562 g/mol. The number of methoxy groups -OCH3 is 1. The van der Waals surface area contributed by atoms with Gasteiger partial charge in [-0.2, -0.15) is 10.2 Å². The Bertz CT molecular complexity index is 1260. The molecule has 4 fully saturated rings. The lowest BCUT2D eigenvalue weighted by Gasteiger charge is -2.60. The third kappa shape index (κ3) is 7.02. The molecule has 3 N–H and O–H groups in total. The number of hydrogen-bond donors (Lipinski definition) is 3. The molecule has 1 aromatic carbocycles. The molecule has 1 unspecified atom stereocenters. The molecule has 2 aromatic rings. The van der Waals surface area contributed by atoms with Crippen LogP contribution in [0.15, 0.2) is 30.5 Å². The van der Waals surface area contributed by atoms with E-state index in [1.165, 1.54) is 6.42 Å². The number of alkyl carbamates (subject to hydrolysis) is 1. The predicted molar refractivity (Wildman–Crippen MR) is 156 cm³/mol. The van der Waals surface area contributed by atoms with Crippen LogP contribution in [0.5, 0.6) is 5.75 Å². The van der Waals surface area contributed by atoms with Crippen LogP contribution in [0.3, 0.4) is 0 Å². The first kappa shape index (κ1) is 28.9. The van der Waals surface area contributed by atoms with Gasteiger partial charge in [0.2, 0.25) is 5.95 Å². The Morgan fingerprint density at radius 1 is 1.12 bits per heavy atom. The van der Waals surface area contributed by atoms with Crippen molar-refractivity contribution in [3.05, 3.63) is 41.6 Å². The van der Waals surface area contributed by atoms with E-state index < -0.39 is 5.60 Å². The van der Waals surface area contributed by atoms with Crippen molar-refractivity contribution in [1.29, 1.82) is 5.26 Å². The van der Waals surface area contributed by atoms with Gasteiger partial charge in [-0.1, -0.05) is 18.2 Å². The minimum atomic E-state index is -0.508. The van der Waals surface area contributed by atoms with Gasteiger partial charge < -0.3 is 30.2 Å². The van der Waals surface area contributed by atoms with Gasteiger partial charge >= 0.3 is 6.09 Å². The van der Waals surface area contributed by atoms with Gasteiger partial charge in [-0.25, -0.2) is 9.78 Å². The number of carbonyl (C=O) groups is 1. The second-order valence-corrected chi connectivity index (χ2v) is 12.9. The van der Waals surface area contributed by atoms with Crippen LogP contribution in [-0.4, -0.2) is 54.6 Å². The number of para-hydroxylation sites is 1. The van der Waals surface area contributed by atoms with Gasteiger partial charge in [-0.15, -0.1) is 0 Å². The van der Waals surface area contributed by atoms with Crippen molar-refractivity contribution in [1.82, 2.24) is 15.3 Å². The number of anilines is 2. The normalized spacial score (nSPS) is 26.2. The molecule has 10 heteroatoms. The number of ether oxygens (including phenoxy) is 3. The summed E-state index contributed by atoms with van der Waals surface area (Å²) in [7, 11) is 1.65. The van der Waals surface area contributed by atoms with Crippen molar-refractivity contribution < 1.29 is 19.0 Å². The zero-order valence-electron chi connectivity index (χ0n) is 24.5. The maximum atomic E-state index is 12.6. The fourth-order valence-electron chi connectivity index (χ4n) is 7.24. The zero-order valence-corrected chi connectivity index (χ0v) is 24.5. The fourth-order valence-corrected chi connectivity index (χ4v) is 7.24. The summed E-state index contributed by atoms with van der Waals surface area (Å²) >= 11 is 0. The summed E-state index contributed by atoms with van der Waals surface area (Å²) in [6.07, 6.45) is 6.83. The zero-order chi connectivity index (χ0) is 29.0. The molecule has 1 aromatic heterocycles. The highest BCUT2D eigenvalue weighted by Gasteiger charge is 2.55. The smallest absolute Gasteiger partial charge is 0.407 e. The molecule has 4 aliphatic carbocycles. The van der Waals surface area contributed by atoms with Crippen molar-refractivity contribution in [2.45, 2.75) is 71.1 Å². The first-order chi connectivity index (χ1) is 19.7. The van der Waals surface area contributed by atoms with Crippen LogP contribution in [-0.2, 0) is 16.0 Å². The summed E-state index contributed by atoms with van der Waals surface area (Å²) in [4.78, 5) is 21.6. The molecule has 4 saturated carbocycles. The Labute approximate surface area is 242 Å². The molecule has 0 aliphatic heterocycles. The average Bonchev–Trinajstić information content (AvgIpc) is 2.92. The Morgan fingerprint density at radius 2 is 1.88 bits per heavy atom. The van der Waals surface area contributed by atoms with E-state index in [1.54, 1.807) is 13.3 Å². The van der Waals surface area contributed by atoms with E-state index in [9.17, 15) is 10.1 Å². The van der Waals surface area contributed by atoms with Crippen molar-refractivity contribution in [2.24, 2.45) is 23.2 Å². The number of nitrogens with zero attached hydrogens (tertiary/aromatic N) is 3. The molecule has 4 aliphatic rings. The second kappa shape index (κ2) is 12.1. The minimum Gasteiger partial charge on any atom is -0.491 e. The molecule has 0 spiro atoms. The lowest BCUT2D eigenvalue weighted by molar-refractivity contribution is -0.0703. The molecule has 1 amide bonds. The van der Waals surface area contributed by atoms with Crippen molar-refractivity contribution in [3.8, 4) is 11.8 Å². The largest absolute Gasteiger partial charge is 0.491 e. The van der Waals surface area contributed by atoms with E-state index in [-0.39, 0.29) is 17.6 Å². The van der Waals surface area contributed by atoms with Gasteiger partial charge in [0.05, 0.1) is 12.8 Å². The molecule has 0 radical (unpaired) electrons. The summed E-state index contributed by atoms with van der Waals surface area (Å²) in [6, 6.07) is 10.2. The quantitative estimate of drug-likeness (QED) is 0.320. The molecule has 4 bridgehead atoms. The number of carbonyl (C=O) groups excluding carboxylic acids is 1. The highest BCUT2D eigenvalue weighted by Crippen LogP contribution is 2.60. The van der Waals surface area contributed by atoms with Crippen LogP contribution in [0.2, 0.25) is 0 Å². The van der Waals surface area contributed by atoms with Gasteiger partial charge in [0.1, 0.15) is 35.4 Å². The Morgan fingerprint density at radius 3 is 2.59 bits per heavy atom. The Kier molecular flexibility index (Phi) is 8.55. The van der Waals surface area contributed by atoms with E-state index in [0.29, 0.717) is 54.8 Å². The third-order valence-electron chi connectivity index (χ3n) is 8.58. The van der Waals surface area contributed by atoms with Crippen molar-refractivity contribution in [2.75, 3.05) is 37.5 Å². The summed E-state index contributed by atoms with van der Waals surface area (Å²) in [5.74, 6) is 3.35. The predicted octanol–water partition coefficient (Wildman–Crippen LogP) is 5.12. The second-order valence-electron chi connectivity index (χ2n) is 12.9. The van der Waals surface area contributed by atoms with E-state index in [4.69, 9.17) is 14.2 Å². The molecule has 6 rings (SSSR count). The number of rotatable bonds is 11. The van der Waals surface area contributed by atoms with E-state index in [2.05, 4.69) is 32.0 Å². The molecule has 220 valence electrons. The number of hydrogen-bond acceptors (Lipinski definition) is 9. The molecule has 1 heterocycles. The number of aromatic nitrogens is 2. The highest BCUT2D eigenvalue weighted by molar-refractivity contribution is 5.68. The van der Waals surface area contributed by atoms with Crippen LogP contribution in [0, 0.1) is 34.5 Å². The van der Waals surface area contributed by atoms with Crippen LogP contribution in [0.25, 0.3) is 0 Å². The highest BCUT2D eigenvalue weighted by atomic mass is 16.6. The maximum Gasteiger partial charge on any atom is 0.407 e. The average molecular weight is 563 g/mol. The summed E-state index contributed by atoms with van der Waals surface area (Å²) in [5, 5.41) is 19.8. The summed E-state index contributed by atoms with van der Waals surface area (Å²) < 4.78 is 16.5. The van der Waals surface area contributed by atoms with Crippen LogP contribution < -0.4 is 20.7 Å².